The molecule has 0 aliphatic carbocycles. The third-order valence-corrected chi connectivity index (χ3v) is 3.69. The van der Waals surface area contributed by atoms with E-state index in [9.17, 15) is 13.6 Å². The Morgan fingerprint density at radius 2 is 1.63 bits per heavy atom. The third-order valence-electron chi connectivity index (χ3n) is 3.69. The van der Waals surface area contributed by atoms with Gasteiger partial charge in [0.1, 0.15) is 5.60 Å². The molecule has 0 aromatic heterocycles. The van der Waals surface area contributed by atoms with E-state index in [4.69, 9.17) is 4.74 Å². The van der Waals surface area contributed by atoms with Crippen molar-refractivity contribution in [1.29, 1.82) is 0 Å². The maximum Gasteiger partial charge on any atom is 0.410 e. The molecule has 2 saturated heterocycles. The largest absolute Gasteiger partial charge is 0.444 e. The molecule has 0 N–H and O–H groups in total. The maximum absolute atomic E-state index is 14.1. The fourth-order valence-corrected chi connectivity index (χ4v) is 2.84. The van der Waals surface area contributed by atoms with Crippen molar-refractivity contribution in [2.24, 2.45) is 11.8 Å². The van der Waals surface area contributed by atoms with Gasteiger partial charge in [0.2, 0.25) is 0 Å². The number of likely N-dealkylation sites (tertiary alicyclic amines) is 2. The molecular weight excluding hydrogens is 254 g/mol. The van der Waals surface area contributed by atoms with Crippen LogP contribution in [0.15, 0.2) is 0 Å². The van der Waals surface area contributed by atoms with Gasteiger partial charge in [-0.05, 0) is 27.8 Å². The van der Waals surface area contributed by atoms with E-state index in [1.807, 2.05) is 11.9 Å². The molecule has 0 aromatic rings. The standard InChI is InChI=1S/C13H22F2N2O2/c1-12(2,3)19-11(18)17-7-9-5-16(4)6-10(8-17)13(9,14)15/h9-10H,5-8H2,1-4H3. The highest BCUT2D eigenvalue weighted by molar-refractivity contribution is 5.68. The Kier molecular flexibility index (Phi) is 3.49. The van der Waals surface area contributed by atoms with Crippen LogP contribution in [-0.4, -0.2) is 60.6 Å². The summed E-state index contributed by atoms with van der Waals surface area (Å²) in [6.45, 7) is 6.12. The van der Waals surface area contributed by atoms with Crippen molar-refractivity contribution < 1.29 is 18.3 Å². The van der Waals surface area contributed by atoms with Gasteiger partial charge in [0.05, 0.1) is 11.8 Å². The van der Waals surface area contributed by atoms with Gasteiger partial charge in [0, 0.05) is 26.2 Å². The summed E-state index contributed by atoms with van der Waals surface area (Å²) in [6.07, 6.45) is -0.484. The Morgan fingerprint density at radius 1 is 1.16 bits per heavy atom. The lowest BCUT2D eigenvalue weighted by Crippen LogP contribution is -2.64. The summed E-state index contributed by atoms with van der Waals surface area (Å²) >= 11 is 0. The number of fused-ring (bicyclic) bond motifs is 2. The zero-order chi connectivity index (χ0) is 14.4. The van der Waals surface area contributed by atoms with E-state index in [0.29, 0.717) is 13.1 Å². The molecule has 2 heterocycles. The summed E-state index contributed by atoms with van der Waals surface area (Å²) in [5.74, 6) is -4.26. The van der Waals surface area contributed by atoms with Gasteiger partial charge in [-0.15, -0.1) is 0 Å². The Morgan fingerprint density at radius 3 is 2.05 bits per heavy atom. The van der Waals surface area contributed by atoms with Crippen molar-refractivity contribution in [3.63, 3.8) is 0 Å². The van der Waals surface area contributed by atoms with E-state index in [-0.39, 0.29) is 13.1 Å². The topological polar surface area (TPSA) is 32.8 Å². The monoisotopic (exact) mass is 276 g/mol. The fourth-order valence-electron chi connectivity index (χ4n) is 2.84. The minimum Gasteiger partial charge on any atom is -0.444 e. The molecule has 6 heteroatoms. The zero-order valence-corrected chi connectivity index (χ0v) is 11.9. The highest BCUT2D eigenvalue weighted by Gasteiger charge is 2.55. The molecule has 2 aliphatic rings. The summed E-state index contributed by atoms with van der Waals surface area (Å²) in [4.78, 5) is 15.3. The van der Waals surface area contributed by atoms with Crippen molar-refractivity contribution in [2.75, 3.05) is 33.2 Å². The number of amides is 1. The Hall–Kier alpha value is -0.910. The van der Waals surface area contributed by atoms with Gasteiger partial charge in [-0.3, -0.25) is 0 Å². The molecule has 1 amide bonds. The van der Waals surface area contributed by atoms with Crippen molar-refractivity contribution in [1.82, 2.24) is 9.80 Å². The van der Waals surface area contributed by atoms with Crippen molar-refractivity contribution >= 4 is 6.09 Å². The minimum atomic E-state index is -2.68. The number of halogens is 2. The number of hydrogen-bond acceptors (Lipinski definition) is 3. The summed E-state index contributed by atoms with van der Waals surface area (Å²) < 4.78 is 33.4. The number of alkyl halides is 2. The molecule has 2 aliphatic heterocycles. The second-order valence-electron chi connectivity index (χ2n) is 6.67. The normalized spacial score (nSPS) is 31.2. The van der Waals surface area contributed by atoms with Crippen LogP contribution in [0.25, 0.3) is 0 Å². The lowest BCUT2D eigenvalue weighted by molar-refractivity contribution is -0.180. The maximum atomic E-state index is 14.1. The van der Waals surface area contributed by atoms with Crippen LogP contribution < -0.4 is 0 Å². The second-order valence-corrected chi connectivity index (χ2v) is 6.67. The molecular formula is C13H22F2N2O2. The lowest BCUT2D eigenvalue weighted by Gasteiger charge is -2.49. The number of piperidine rings is 2. The van der Waals surface area contributed by atoms with E-state index in [0.717, 1.165) is 0 Å². The molecule has 2 bridgehead atoms. The first kappa shape index (κ1) is 14.5. The van der Waals surface area contributed by atoms with Crippen LogP contribution in [0.1, 0.15) is 20.8 Å². The van der Waals surface area contributed by atoms with Crippen LogP contribution in [0.5, 0.6) is 0 Å². The summed E-state index contributed by atoms with van der Waals surface area (Å²) in [5.41, 5.74) is -0.594. The van der Waals surface area contributed by atoms with Crippen LogP contribution >= 0.6 is 0 Å². The van der Waals surface area contributed by atoms with E-state index in [1.54, 1.807) is 20.8 Å². The van der Waals surface area contributed by atoms with Gasteiger partial charge in [-0.2, -0.15) is 0 Å². The smallest absolute Gasteiger partial charge is 0.410 e. The molecule has 0 aromatic carbocycles. The SMILES string of the molecule is CN1CC2CN(C(=O)OC(C)(C)C)CC(C1)C2(F)F. The van der Waals surface area contributed by atoms with Crippen LogP contribution in [-0.2, 0) is 4.74 Å². The minimum absolute atomic E-state index is 0.0722. The van der Waals surface area contributed by atoms with E-state index >= 15 is 0 Å². The average molecular weight is 276 g/mol. The van der Waals surface area contributed by atoms with Gasteiger partial charge < -0.3 is 14.5 Å². The second kappa shape index (κ2) is 4.58. The van der Waals surface area contributed by atoms with Gasteiger partial charge in [-0.25, -0.2) is 13.6 Å². The Bertz CT molecular complexity index is 350. The molecule has 0 saturated carbocycles. The summed E-state index contributed by atoms with van der Waals surface area (Å²) in [6, 6.07) is 0. The van der Waals surface area contributed by atoms with E-state index in [1.165, 1.54) is 4.90 Å². The van der Waals surface area contributed by atoms with Crippen molar-refractivity contribution in [3.05, 3.63) is 0 Å². The van der Waals surface area contributed by atoms with E-state index < -0.39 is 29.5 Å². The Labute approximate surface area is 112 Å². The molecule has 4 nitrogen and oxygen atoms in total. The van der Waals surface area contributed by atoms with Gasteiger partial charge in [-0.1, -0.05) is 0 Å². The number of hydrogen-bond donors (Lipinski definition) is 0. The molecule has 19 heavy (non-hydrogen) atoms. The molecule has 2 rings (SSSR count). The van der Waals surface area contributed by atoms with Gasteiger partial charge in [0.25, 0.3) is 5.92 Å². The number of carbonyl (C=O) groups excluding carboxylic acids is 1. The molecule has 110 valence electrons. The molecule has 0 spiro atoms. The predicted molar refractivity (Wildman–Crippen MR) is 67.2 cm³/mol. The van der Waals surface area contributed by atoms with Crippen molar-refractivity contribution in [2.45, 2.75) is 32.3 Å². The van der Waals surface area contributed by atoms with Gasteiger partial charge >= 0.3 is 6.09 Å². The molecule has 0 radical (unpaired) electrons. The summed E-state index contributed by atoms with van der Waals surface area (Å²) in [7, 11) is 1.85. The average Bonchev–Trinajstić information content (AvgIpc) is 2.17. The quantitative estimate of drug-likeness (QED) is 0.679. The fraction of sp³-hybridized carbons (Fsp3) is 0.923. The number of ether oxygens (including phenoxy) is 1. The third kappa shape index (κ3) is 2.99. The number of nitrogens with zero attached hydrogens (tertiary/aromatic N) is 2. The first-order chi connectivity index (χ1) is 8.59. The Balaban J connectivity index is 2.07. The van der Waals surface area contributed by atoms with Crippen LogP contribution in [0.4, 0.5) is 13.6 Å². The molecule has 2 unspecified atom stereocenters. The van der Waals surface area contributed by atoms with E-state index in [2.05, 4.69) is 0 Å². The highest BCUT2D eigenvalue weighted by Crippen LogP contribution is 2.42. The summed E-state index contributed by atoms with van der Waals surface area (Å²) in [5, 5.41) is 0. The van der Waals surface area contributed by atoms with Gasteiger partial charge in [0.15, 0.2) is 0 Å². The zero-order valence-electron chi connectivity index (χ0n) is 11.9. The van der Waals surface area contributed by atoms with Crippen LogP contribution in [0, 0.1) is 11.8 Å². The highest BCUT2D eigenvalue weighted by atomic mass is 19.3. The lowest BCUT2D eigenvalue weighted by atomic mass is 9.81. The predicted octanol–water partition coefficient (Wildman–Crippen LogP) is 2.05. The first-order valence-corrected chi connectivity index (χ1v) is 6.64. The van der Waals surface area contributed by atoms with Crippen molar-refractivity contribution in [3.8, 4) is 0 Å². The number of rotatable bonds is 0. The van der Waals surface area contributed by atoms with Crippen LogP contribution in [0.2, 0.25) is 0 Å². The molecule has 2 fully saturated rings. The number of carbonyl (C=O) groups is 1. The van der Waals surface area contributed by atoms with Crippen LogP contribution in [0.3, 0.4) is 0 Å². The first-order valence-electron chi connectivity index (χ1n) is 6.64. The molecule has 2 atom stereocenters.